The van der Waals surface area contributed by atoms with Crippen LogP contribution in [0.15, 0.2) is 30.3 Å². The van der Waals surface area contributed by atoms with E-state index < -0.39 is 0 Å². The summed E-state index contributed by atoms with van der Waals surface area (Å²) >= 11 is 0. The van der Waals surface area contributed by atoms with E-state index in [2.05, 4.69) is 21.4 Å². The predicted molar refractivity (Wildman–Crippen MR) is 114 cm³/mol. The second-order valence-electron chi connectivity index (χ2n) is 8.40. The molecule has 0 atom stereocenters. The largest absolute Gasteiger partial charge is 0.476 e. The lowest BCUT2D eigenvalue weighted by Crippen LogP contribution is -2.40. The Morgan fingerprint density at radius 3 is 2.80 bits per heavy atom. The highest BCUT2D eigenvalue weighted by atomic mass is 16.5. The molecule has 0 saturated carbocycles. The number of aryl methyl sites for hydroxylation is 3. The van der Waals surface area contributed by atoms with Crippen molar-refractivity contribution >= 4 is 16.8 Å². The van der Waals surface area contributed by atoms with E-state index in [1.54, 1.807) is 4.68 Å². The van der Waals surface area contributed by atoms with Gasteiger partial charge in [0.25, 0.3) is 5.91 Å². The van der Waals surface area contributed by atoms with Crippen molar-refractivity contribution < 1.29 is 9.53 Å². The maximum Gasteiger partial charge on any atom is 0.275 e. The van der Waals surface area contributed by atoms with Crippen LogP contribution in [0, 0.1) is 5.92 Å². The van der Waals surface area contributed by atoms with Crippen LogP contribution < -0.4 is 4.74 Å². The summed E-state index contributed by atoms with van der Waals surface area (Å²) in [5, 5.41) is 14.0. The zero-order valence-electron chi connectivity index (χ0n) is 17.4. The van der Waals surface area contributed by atoms with Crippen molar-refractivity contribution in [2.75, 3.05) is 19.7 Å². The molecule has 3 heterocycles. The van der Waals surface area contributed by atoms with Gasteiger partial charge in [0.15, 0.2) is 5.69 Å². The molecule has 0 bridgehead atoms. The number of carbonyl (C=O) groups excluding carboxylic acids is 1. The highest BCUT2D eigenvalue weighted by molar-refractivity contribution is 6.04. The second kappa shape index (κ2) is 8.05. The first-order chi connectivity index (χ1) is 14.7. The van der Waals surface area contributed by atoms with Crippen LogP contribution in [0.1, 0.15) is 47.4 Å². The van der Waals surface area contributed by atoms with Crippen LogP contribution in [-0.4, -0.2) is 50.5 Å². The van der Waals surface area contributed by atoms with E-state index in [1.807, 2.05) is 36.2 Å². The third-order valence-electron chi connectivity index (χ3n) is 6.38. The van der Waals surface area contributed by atoms with Gasteiger partial charge in [-0.2, -0.15) is 10.2 Å². The third-order valence-corrected chi connectivity index (χ3v) is 6.38. The van der Waals surface area contributed by atoms with Crippen LogP contribution in [0.2, 0.25) is 0 Å². The average molecular weight is 406 g/mol. The minimum Gasteiger partial charge on any atom is -0.476 e. The van der Waals surface area contributed by atoms with E-state index >= 15 is 0 Å². The summed E-state index contributed by atoms with van der Waals surface area (Å²) < 4.78 is 7.74. The topological polar surface area (TPSA) is 73.1 Å². The number of carbonyl (C=O) groups is 1. The van der Waals surface area contributed by atoms with Crippen molar-refractivity contribution in [1.29, 1.82) is 0 Å². The zero-order chi connectivity index (χ0) is 20.5. The number of ether oxygens (including phenoxy) is 1. The Labute approximate surface area is 176 Å². The Balaban J connectivity index is 1.18. The molecule has 3 aromatic rings. The van der Waals surface area contributed by atoms with E-state index in [-0.39, 0.29) is 5.91 Å². The minimum absolute atomic E-state index is 0.0201. The lowest BCUT2D eigenvalue weighted by Gasteiger charge is -2.31. The number of aromatic nitrogens is 4. The van der Waals surface area contributed by atoms with Gasteiger partial charge in [-0.25, -0.2) is 0 Å². The monoisotopic (exact) mass is 405 g/mol. The Kier molecular flexibility index (Phi) is 5.11. The van der Waals surface area contributed by atoms with Crippen molar-refractivity contribution in [2.24, 2.45) is 13.0 Å². The highest BCUT2D eigenvalue weighted by Gasteiger charge is 2.27. The van der Waals surface area contributed by atoms with E-state index in [4.69, 9.17) is 4.74 Å². The SMILES string of the molecule is Cn1nc(C(=O)N2CCC(COc3cc4c(nn3)CCCC4)CC2)c2ccccc21. The fraction of sp³-hybridized carbons (Fsp3) is 0.478. The van der Waals surface area contributed by atoms with E-state index in [1.165, 1.54) is 18.4 Å². The summed E-state index contributed by atoms with van der Waals surface area (Å²) in [4.78, 5) is 15.0. The Morgan fingerprint density at radius 2 is 1.93 bits per heavy atom. The van der Waals surface area contributed by atoms with Crippen LogP contribution in [0.25, 0.3) is 10.9 Å². The molecular formula is C23H27N5O2. The molecule has 1 aliphatic carbocycles. The maximum atomic E-state index is 13.1. The van der Waals surface area contributed by atoms with Gasteiger partial charge in [-0.15, -0.1) is 5.10 Å². The molecule has 0 spiro atoms. The van der Waals surface area contributed by atoms with Crippen molar-refractivity contribution in [3.63, 3.8) is 0 Å². The summed E-state index contributed by atoms with van der Waals surface area (Å²) in [6, 6.07) is 9.94. The van der Waals surface area contributed by atoms with E-state index in [0.717, 1.165) is 55.4 Å². The minimum atomic E-state index is 0.0201. The fourth-order valence-electron chi connectivity index (χ4n) is 4.57. The molecule has 2 aromatic heterocycles. The number of benzene rings is 1. The second-order valence-corrected chi connectivity index (χ2v) is 8.40. The Morgan fingerprint density at radius 1 is 1.13 bits per heavy atom. The van der Waals surface area contributed by atoms with E-state index in [9.17, 15) is 4.79 Å². The molecule has 7 heteroatoms. The number of para-hydroxylation sites is 1. The fourth-order valence-corrected chi connectivity index (χ4v) is 4.57. The van der Waals surface area contributed by atoms with Gasteiger partial charge in [0.05, 0.1) is 17.8 Å². The molecule has 156 valence electrons. The van der Waals surface area contributed by atoms with Gasteiger partial charge >= 0.3 is 0 Å². The van der Waals surface area contributed by atoms with Gasteiger partial charge in [0, 0.05) is 31.6 Å². The molecule has 0 unspecified atom stereocenters. The van der Waals surface area contributed by atoms with Gasteiger partial charge in [-0.3, -0.25) is 9.48 Å². The molecule has 5 rings (SSSR count). The predicted octanol–water partition coefficient (Wildman–Crippen LogP) is 3.17. The first-order valence-corrected chi connectivity index (χ1v) is 10.9. The lowest BCUT2D eigenvalue weighted by atomic mass is 9.96. The van der Waals surface area contributed by atoms with Crippen molar-refractivity contribution in [1.82, 2.24) is 24.9 Å². The summed E-state index contributed by atoms with van der Waals surface area (Å²) in [5.74, 6) is 1.08. The lowest BCUT2D eigenvalue weighted by molar-refractivity contribution is 0.0654. The normalized spacial score (nSPS) is 17.2. The zero-order valence-corrected chi connectivity index (χ0v) is 17.4. The number of fused-ring (bicyclic) bond motifs is 2. The molecule has 30 heavy (non-hydrogen) atoms. The number of nitrogens with zero attached hydrogens (tertiary/aromatic N) is 5. The number of rotatable bonds is 4. The number of amides is 1. The molecular weight excluding hydrogens is 378 g/mol. The van der Waals surface area contributed by atoms with Crippen LogP contribution in [-0.2, 0) is 19.9 Å². The standard InChI is InChI=1S/C23H27N5O2/c1-27-20-9-5-3-7-18(20)22(26-27)23(29)28-12-10-16(11-13-28)15-30-21-14-17-6-2-4-8-19(17)24-25-21/h3,5,7,9,14,16H,2,4,6,8,10-13,15H2,1H3. The molecule has 2 aliphatic rings. The molecule has 7 nitrogen and oxygen atoms in total. The van der Waals surface area contributed by atoms with E-state index in [0.29, 0.717) is 24.1 Å². The smallest absolute Gasteiger partial charge is 0.275 e. The third kappa shape index (κ3) is 3.64. The first-order valence-electron chi connectivity index (χ1n) is 10.9. The van der Waals surface area contributed by atoms with Crippen LogP contribution >= 0.6 is 0 Å². The quantitative estimate of drug-likeness (QED) is 0.667. The molecule has 0 radical (unpaired) electrons. The van der Waals surface area contributed by atoms with Crippen LogP contribution in [0.3, 0.4) is 0 Å². The summed E-state index contributed by atoms with van der Waals surface area (Å²) in [5.41, 5.74) is 3.94. The number of likely N-dealkylation sites (tertiary alicyclic amines) is 1. The van der Waals surface area contributed by atoms with Crippen LogP contribution in [0.4, 0.5) is 0 Å². The van der Waals surface area contributed by atoms with Crippen molar-refractivity contribution in [3.05, 3.63) is 47.3 Å². The van der Waals surface area contributed by atoms with Gasteiger partial charge in [0.2, 0.25) is 5.88 Å². The molecule has 1 aliphatic heterocycles. The molecule has 1 fully saturated rings. The number of hydrogen-bond acceptors (Lipinski definition) is 5. The number of hydrogen-bond donors (Lipinski definition) is 0. The molecule has 1 aromatic carbocycles. The first kappa shape index (κ1) is 19.0. The van der Waals surface area contributed by atoms with Gasteiger partial charge in [-0.05, 0) is 56.1 Å². The number of piperidine rings is 1. The summed E-state index contributed by atoms with van der Waals surface area (Å²) in [6.07, 6.45) is 6.37. The summed E-state index contributed by atoms with van der Waals surface area (Å²) in [7, 11) is 1.88. The van der Waals surface area contributed by atoms with Gasteiger partial charge in [0.1, 0.15) is 0 Å². The molecule has 1 saturated heterocycles. The Hall–Kier alpha value is -2.96. The molecule has 0 N–H and O–H groups in total. The maximum absolute atomic E-state index is 13.1. The Bertz CT molecular complexity index is 1070. The molecule has 1 amide bonds. The van der Waals surface area contributed by atoms with Gasteiger partial charge < -0.3 is 9.64 Å². The highest BCUT2D eigenvalue weighted by Crippen LogP contribution is 2.25. The van der Waals surface area contributed by atoms with Gasteiger partial charge in [-0.1, -0.05) is 18.2 Å². The van der Waals surface area contributed by atoms with Crippen LogP contribution in [0.5, 0.6) is 5.88 Å². The van der Waals surface area contributed by atoms with Crippen molar-refractivity contribution in [3.8, 4) is 5.88 Å². The summed E-state index contributed by atoms with van der Waals surface area (Å²) in [6.45, 7) is 2.09. The van der Waals surface area contributed by atoms with Crippen molar-refractivity contribution in [2.45, 2.75) is 38.5 Å². The average Bonchev–Trinajstić information content (AvgIpc) is 3.14.